The second kappa shape index (κ2) is 7.00. The number of quaternary nitrogens is 1. The summed E-state index contributed by atoms with van der Waals surface area (Å²) in [7, 11) is 0. The Labute approximate surface area is 140 Å². The van der Waals surface area contributed by atoms with E-state index in [0.29, 0.717) is 26.2 Å². The molecule has 0 aromatic heterocycles. The molecule has 0 aliphatic heterocycles. The summed E-state index contributed by atoms with van der Waals surface area (Å²) in [6.07, 6.45) is 0. The zero-order valence-corrected chi connectivity index (χ0v) is 15.1. The Morgan fingerprint density at radius 2 is 1.43 bits per heavy atom. The third-order valence-corrected chi connectivity index (χ3v) is 4.26. The Morgan fingerprint density at radius 3 is 1.96 bits per heavy atom. The maximum atomic E-state index is 12.5. The number of rotatable bonds is 6. The first-order valence-electron chi connectivity index (χ1n) is 8.47. The minimum Gasteiger partial charge on any atom is -0.633 e. The highest BCUT2D eigenvalue weighted by atomic mass is 16.5. The highest BCUT2D eigenvalue weighted by Gasteiger charge is 2.13. The average Bonchev–Trinajstić information content (AvgIpc) is 2.52. The Kier molecular flexibility index (Phi) is 5.45. The third kappa shape index (κ3) is 5.03. The lowest BCUT2D eigenvalue weighted by molar-refractivity contribution is -0.890. The predicted molar refractivity (Wildman–Crippen MR) is 96.9 cm³/mol. The lowest BCUT2D eigenvalue weighted by atomic mass is 10.0. The molecular formula is C20H29NO2. The van der Waals surface area contributed by atoms with Crippen LogP contribution in [0.2, 0.25) is 0 Å². The number of hydroxylamine groups is 3. The Hall–Kier alpha value is -1.42. The van der Waals surface area contributed by atoms with E-state index in [0.717, 1.165) is 5.56 Å². The summed E-state index contributed by atoms with van der Waals surface area (Å²) in [4.78, 5) is 0. The van der Waals surface area contributed by atoms with Gasteiger partial charge in [-0.25, -0.2) is 0 Å². The first-order chi connectivity index (χ1) is 10.7. The number of nitrogens with zero attached hydrogens (tertiary/aromatic N) is 1. The molecule has 3 nitrogen and oxygen atoms in total. The molecule has 23 heavy (non-hydrogen) atoms. The molecule has 0 amide bonds. The maximum absolute atomic E-state index is 12.5. The number of hydrogen-bond donors (Lipinski definition) is 0. The summed E-state index contributed by atoms with van der Waals surface area (Å²) in [5.41, 5.74) is 2.15. The van der Waals surface area contributed by atoms with E-state index in [1.807, 2.05) is 13.8 Å². The number of fused-ring (bicyclic) bond motifs is 1. The second-order valence-electron chi connectivity index (χ2n) is 7.27. The van der Waals surface area contributed by atoms with E-state index >= 15 is 0 Å². The zero-order valence-electron chi connectivity index (χ0n) is 15.1. The van der Waals surface area contributed by atoms with Crippen molar-refractivity contribution in [2.24, 2.45) is 0 Å². The van der Waals surface area contributed by atoms with Gasteiger partial charge in [-0.15, -0.1) is 0 Å². The van der Waals surface area contributed by atoms with Crippen molar-refractivity contribution < 1.29 is 9.38 Å². The van der Waals surface area contributed by atoms with Crippen molar-refractivity contribution in [3.63, 3.8) is 0 Å². The SMILES string of the molecule is CC[N+]([O-])(CC)Cc1ccc2cc(COC(C)(C)C)ccc2c1. The zero-order chi connectivity index (χ0) is 17.1. The van der Waals surface area contributed by atoms with Gasteiger partial charge in [-0.2, -0.15) is 0 Å². The molecule has 3 heteroatoms. The van der Waals surface area contributed by atoms with Gasteiger partial charge in [0, 0.05) is 5.56 Å². The summed E-state index contributed by atoms with van der Waals surface area (Å²) in [5, 5.41) is 14.9. The topological polar surface area (TPSA) is 32.3 Å². The largest absolute Gasteiger partial charge is 0.633 e. The van der Waals surface area contributed by atoms with Crippen LogP contribution in [0.4, 0.5) is 0 Å². The van der Waals surface area contributed by atoms with Gasteiger partial charge in [0.25, 0.3) is 0 Å². The first kappa shape index (κ1) is 17.9. The van der Waals surface area contributed by atoms with Gasteiger partial charge in [-0.1, -0.05) is 24.3 Å². The van der Waals surface area contributed by atoms with Crippen molar-refractivity contribution >= 4 is 10.8 Å². The number of hydrogen-bond acceptors (Lipinski definition) is 2. The van der Waals surface area contributed by atoms with Gasteiger partial charge in [0.05, 0.1) is 25.3 Å². The number of benzene rings is 2. The van der Waals surface area contributed by atoms with Crippen molar-refractivity contribution in [2.75, 3.05) is 13.1 Å². The van der Waals surface area contributed by atoms with Crippen LogP contribution in [-0.2, 0) is 17.9 Å². The van der Waals surface area contributed by atoms with E-state index in [1.54, 1.807) is 0 Å². The highest BCUT2D eigenvalue weighted by molar-refractivity contribution is 5.83. The van der Waals surface area contributed by atoms with E-state index in [4.69, 9.17) is 4.74 Å². The minimum atomic E-state index is -0.164. The molecule has 0 bridgehead atoms. The van der Waals surface area contributed by atoms with Gasteiger partial charge in [0.15, 0.2) is 0 Å². The van der Waals surface area contributed by atoms with Crippen LogP contribution in [0.5, 0.6) is 0 Å². The minimum absolute atomic E-state index is 0.130. The molecule has 0 aliphatic carbocycles. The quantitative estimate of drug-likeness (QED) is 0.554. The van der Waals surface area contributed by atoms with Gasteiger partial charge < -0.3 is 14.6 Å². The maximum Gasteiger partial charge on any atom is 0.104 e. The van der Waals surface area contributed by atoms with E-state index < -0.39 is 0 Å². The Balaban J connectivity index is 2.18. The molecule has 2 aromatic carbocycles. The van der Waals surface area contributed by atoms with E-state index in [2.05, 4.69) is 57.2 Å². The summed E-state index contributed by atoms with van der Waals surface area (Å²) in [6, 6.07) is 12.7. The molecule has 0 unspecified atom stereocenters. The molecule has 0 aliphatic rings. The molecule has 0 atom stereocenters. The summed E-state index contributed by atoms with van der Waals surface area (Å²) >= 11 is 0. The van der Waals surface area contributed by atoms with Crippen LogP contribution in [0, 0.1) is 5.21 Å². The van der Waals surface area contributed by atoms with Gasteiger partial charge in [0.1, 0.15) is 6.54 Å². The normalized spacial score (nSPS) is 12.8. The van der Waals surface area contributed by atoms with Gasteiger partial charge in [-0.3, -0.25) is 0 Å². The average molecular weight is 315 g/mol. The van der Waals surface area contributed by atoms with E-state index in [-0.39, 0.29) is 10.2 Å². The van der Waals surface area contributed by atoms with Gasteiger partial charge in [-0.05, 0) is 63.1 Å². The van der Waals surface area contributed by atoms with Gasteiger partial charge in [0.2, 0.25) is 0 Å². The molecule has 2 rings (SSSR count). The van der Waals surface area contributed by atoms with Crippen LogP contribution < -0.4 is 0 Å². The lowest BCUT2D eigenvalue weighted by Crippen LogP contribution is -2.40. The predicted octanol–water partition coefficient (Wildman–Crippen LogP) is 5.01. The monoisotopic (exact) mass is 315 g/mol. The highest BCUT2D eigenvalue weighted by Crippen LogP contribution is 2.22. The Morgan fingerprint density at radius 1 is 0.913 bits per heavy atom. The van der Waals surface area contributed by atoms with Crippen molar-refractivity contribution in [3.8, 4) is 0 Å². The van der Waals surface area contributed by atoms with E-state index in [1.165, 1.54) is 16.3 Å². The second-order valence-corrected chi connectivity index (χ2v) is 7.27. The van der Waals surface area contributed by atoms with Crippen LogP contribution in [0.15, 0.2) is 36.4 Å². The molecule has 0 fully saturated rings. The molecular weight excluding hydrogens is 286 g/mol. The number of ether oxygens (including phenoxy) is 1. The van der Waals surface area contributed by atoms with Crippen molar-refractivity contribution in [3.05, 3.63) is 52.7 Å². The summed E-state index contributed by atoms with van der Waals surface area (Å²) < 4.78 is 5.68. The third-order valence-electron chi connectivity index (χ3n) is 4.26. The van der Waals surface area contributed by atoms with Crippen LogP contribution >= 0.6 is 0 Å². The Bertz CT molecular complexity index is 654. The fourth-order valence-corrected chi connectivity index (χ4v) is 2.61. The van der Waals surface area contributed by atoms with Crippen LogP contribution in [0.25, 0.3) is 10.8 Å². The first-order valence-corrected chi connectivity index (χ1v) is 8.47. The standard InChI is InChI=1S/C20H29NO2/c1-6-21(22,7-2)14-16-8-10-19-13-17(9-11-18(19)12-16)15-23-20(3,4)5/h8-13H,6-7,14-15H2,1-5H3. The fourth-order valence-electron chi connectivity index (χ4n) is 2.61. The molecule has 0 saturated heterocycles. The van der Waals surface area contributed by atoms with Gasteiger partial charge >= 0.3 is 0 Å². The molecule has 126 valence electrons. The smallest absolute Gasteiger partial charge is 0.104 e. The molecule has 0 heterocycles. The lowest BCUT2D eigenvalue weighted by Gasteiger charge is -2.41. The van der Waals surface area contributed by atoms with Crippen molar-refractivity contribution in [2.45, 2.75) is 53.4 Å². The van der Waals surface area contributed by atoms with Crippen molar-refractivity contribution in [1.29, 1.82) is 0 Å². The van der Waals surface area contributed by atoms with Crippen LogP contribution in [-0.4, -0.2) is 23.3 Å². The molecule has 0 saturated carbocycles. The summed E-state index contributed by atoms with van der Waals surface area (Å²) in [6.45, 7) is 12.5. The van der Waals surface area contributed by atoms with Crippen LogP contribution in [0.1, 0.15) is 45.7 Å². The fraction of sp³-hybridized carbons (Fsp3) is 0.500. The summed E-state index contributed by atoms with van der Waals surface area (Å²) in [5.74, 6) is 0. The molecule has 2 aromatic rings. The van der Waals surface area contributed by atoms with Crippen molar-refractivity contribution in [1.82, 2.24) is 0 Å². The van der Waals surface area contributed by atoms with E-state index in [9.17, 15) is 5.21 Å². The molecule has 0 N–H and O–H groups in total. The van der Waals surface area contributed by atoms with Crippen LogP contribution in [0.3, 0.4) is 0 Å². The molecule has 0 radical (unpaired) electrons. The molecule has 0 spiro atoms.